The number of hydrogen-bond donors (Lipinski definition) is 1. The van der Waals surface area contributed by atoms with E-state index in [1.54, 1.807) is 0 Å². The zero-order chi connectivity index (χ0) is 15.5. The predicted octanol–water partition coefficient (Wildman–Crippen LogP) is 3.60. The highest BCUT2D eigenvalue weighted by atomic mass is 16.1. The van der Waals surface area contributed by atoms with Crippen molar-refractivity contribution in [3.8, 4) is 0 Å². The van der Waals surface area contributed by atoms with Gasteiger partial charge in [-0.1, -0.05) is 32.0 Å². The first-order valence-electron chi connectivity index (χ1n) is 8.07. The van der Waals surface area contributed by atoms with Crippen molar-refractivity contribution >= 4 is 11.6 Å². The highest BCUT2D eigenvalue weighted by Gasteiger charge is 2.25. The van der Waals surface area contributed by atoms with Crippen LogP contribution >= 0.6 is 0 Å². The van der Waals surface area contributed by atoms with E-state index in [4.69, 9.17) is 0 Å². The van der Waals surface area contributed by atoms with Crippen molar-refractivity contribution in [2.75, 3.05) is 5.32 Å². The molecule has 4 nitrogen and oxygen atoms in total. The third-order valence-electron chi connectivity index (χ3n) is 4.71. The number of aryl methyl sites for hydroxylation is 1. The number of imidazole rings is 1. The van der Waals surface area contributed by atoms with E-state index in [9.17, 15) is 4.79 Å². The molecule has 2 unspecified atom stereocenters. The third kappa shape index (κ3) is 2.91. The van der Waals surface area contributed by atoms with Crippen molar-refractivity contribution < 1.29 is 4.79 Å². The predicted molar refractivity (Wildman–Crippen MR) is 87.8 cm³/mol. The Morgan fingerprint density at radius 3 is 3.09 bits per heavy atom. The lowest BCUT2D eigenvalue weighted by atomic mass is 9.94. The van der Waals surface area contributed by atoms with Gasteiger partial charge in [0.1, 0.15) is 0 Å². The molecule has 1 aliphatic rings. The lowest BCUT2D eigenvalue weighted by molar-refractivity contribution is -0.120. The summed E-state index contributed by atoms with van der Waals surface area (Å²) >= 11 is 0. The van der Waals surface area contributed by atoms with Gasteiger partial charge in [-0.3, -0.25) is 4.79 Å². The summed E-state index contributed by atoms with van der Waals surface area (Å²) in [5.41, 5.74) is 3.33. The summed E-state index contributed by atoms with van der Waals surface area (Å²) in [4.78, 5) is 16.8. The molecule has 2 heterocycles. The fourth-order valence-corrected chi connectivity index (χ4v) is 3.09. The standard InChI is InChI=1S/C18H23N3O/c1-3-13(2)16-6-4-5-7-17(16)20-18(22)14-8-9-21-12-19-11-15(21)10-14/h4-7,11-14H,3,8-10H2,1-2H3,(H,20,22). The normalized spacial score (nSPS) is 18.5. The van der Waals surface area contributed by atoms with Crippen LogP contribution in [0.15, 0.2) is 36.8 Å². The van der Waals surface area contributed by atoms with Gasteiger partial charge in [-0.05, 0) is 30.4 Å². The molecule has 1 aromatic heterocycles. The molecule has 2 aromatic rings. The van der Waals surface area contributed by atoms with Crippen LogP contribution < -0.4 is 5.32 Å². The molecule has 0 aliphatic carbocycles. The molecule has 1 amide bonds. The Kier molecular flexibility index (Phi) is 4.27. The highest BCUT2D eigenvalue weighted by Crippen LogP contribution is 2.28. The Morgan fingerprint density at radius 1 is 1.45 bits per heavy atom. The van der Waals surface area contributed by atoms with E-state index in [1.165, 1.54) is 5.56 Å². The zero-order valence-electron chi connectivity index (χ0n) is 13.2. The van der Waals surface area contributed by atoms with Crippen LogP contribution in [0.5, 0.6) is 0 Å². The van der Waals surface area contributed by atoms with Gasteiger partial charge in [0, 0.05) is 36.5 Å². The Morgan fingerprint density at radius 2 is 2.27 bits per heavy atom. The number of rotatable bonds is 4. The molecule has 1 aliphatic heterocycles. The van der Waals surface area contributed by atoms with Crippen LogP contribution in [-0.4, -0.2) is 15.5 Å². The van der Waals surface area contributed by atoms with Gasteiger partial charge in [-0.25, -0.2) is 4.98 Å². The molecule has 3 rings (SSSR count). The number of carbonyl (C=O) groups excluding carboxylic acids is 1. The number of para-hydroxylation sites is 1. The Labute approximate surface area is 131 Å². The van der Waals surface area contributed by atoms with Gasteiger partial charge in [0.05, 0.1) is 6.33 Å². The third-order valence-corrected chi connectivity index (χ3v) is 4.71. The number of anilines is 1. The fraction of sp³-hybridized carbons (Fsp3) is 0.444. The van der Waals surface area contributed by atoms with E-state index in [0.717, 1.165) is 37.2 Å². The number of amides is 1. The van der Waals surface area contributed by atoms with Gasteiger partial charge in [0.2, 0.25) is 5.91 Å². The summed E-state index contributed by atoms with van der Waals surface area (Å²) in [6.07, 6.45) is 6.43. The van der Waals surface area contributed by atoms with Crippen LogP contribution in [0.1, 0.15) is 43.9 Å². The van der Waals surface area contributed by atoms with Crippen molar-refractivity contribution in [1.82, 2.24) is 9.55 Å². The van der Waals surface area contributed by atoms with Crippen molar-refractivity contribution in [3.05, 3.63) is 48.0 Å². The molecule has 1 N–H and O–H groups in total. The van der Waals surface area contributed by atoms with Crippen LogP contribution in [0.25, 0.3) is 0 Å². The molecule has 0 spiro atoms. The molecule has 1 aromatic carbocycles. The van der Waals surface area contributed by atoms with Gasteiger partial charge in [0.25, 0.3) is 0 Å². The second kappa shape index (κ2) is 6.34. The van der Waals surface area contributed by atoms with Gasteiger partial charge < -0.3 is 9.88 Å². The second-order valence-corrected chi connectivity index (χ2v) is 6.15. The lowest BCUT2D eigenvalue weighted by Crippen LogP contribution is -2.30. The molecular formula is C18H23N3O. The molecule has 0 bridgehead atoms. The summed E-state index contributed by atoms with van der Waals surface area (Å²) in [5.74, 6) is 0.613. The number of hydrogen-bond acceptors (Lipinski definition) is 2. The molecule has 2 atom stereocenters. The summed E-state index contributed by atoms with van der Waals surface area (Å²) in [6.45, 7) is 5.25. The number of carbonyl (C=O) groups is 1. The smallest absolute Gasteiger partial charge is 0.227 e. The molecule has 0 saturated heterocycles. The first-order chi connectivity index (χ1) is 10.7. The first-order valence-corrected chi connectivity index (χ1v) is 8.07. The summed E-state index contributed by atoms with van der Waals surface area (Å²) in [6, 6.07) is 8.14. The number of nitrogens with zero attached hydrogens (tertiary/aromatic N) is 2. The van der Waals surface area contributed by atoms with Crippen molar-refractivity contribution in [3.63, 3.8) is 0 Å². The first kappa shape index (κ1) is 14.8. The molecule has 0 saturated carbocycles. The van der Waals surface area contributed by atoms with Gasteiger partial charge in [-0.15, -0.1) is 0 Å². The van der Waals surface area contributed by atoms with E-state index in [2.05, 4.69) is 34.8 Å². The van der Waals surface area contributed by atoms with Gasteiger partial charge >= 0.3 is 0 Å². The minimum Gasteiger partial charge on any atom is -0.335 e. The maximum absolute atomic E-state index is 12.6. The molecular weight excluding hydrogens is 274 g/mol. The highest BCUT2D eigenvalue weighted by molar-refractivity contribution is 5.93. The summed E-state index contributed by atoms with van der Waals surface area (Å²) in [7, 11) is 0. The van der Waals surface area contributed by atoms with Crippen molar-refractivity contribution in [2.45, 2.75) is 45.6 Å². The number of nitrogens with one attached hydrogen (secondary N) is 1. The van der Waals surface area contributed by atoms with E-state index in [0.29, 0.717) is 5.92 Å². The molecule has 22 heavy (non-hydrogen) atoms. The SMILES string of the molecule is CCC(C)c1ccccc1NC(=O)C1CCn2cncc2C1. The van der Waals surface area contributed by atoms with Gasteiger partial charge in [-0.2, -0.15) is 0 Å². The number of benzene rings is 1. The average molecular weight is 297 g/mol. The fourth-order valence-electron chi connectivity index (χ4n) is 3.09. The largest absolute Gasteiger partial charge is 0.335 e. The van der Waals surface area contributed by atoms with E-state index in [1.807, 2.05) is 30.7 Å². The second-order valence-electron chi connectivity index (χ2n) is 6.15. The monoisotopic (exact) mass is 297 g/mol. The van der Waals surface area contributed by atoms with Gasteiger partial charge in [0.15, 0.2) is 0 Å². The number of fused-ring (bicyclic) bond motifs is 1. The van der Waals surface area contributed by atoms with E-state index >= 15 is 0 Å². The minimum atomic E-state index is 0.0363. The Hall–Kier alpha value is -2.10. The van der Waals surface area contributed by atoms with Crippen molar-refractivity contribution in [2.24, 2.45) is 5.92 Å². The maximum atomic E-state index is 12.6. The molecule has 0 fully saturated rings. The quantitative estimate of drug-likeness (QED) is 0.937. The van der Waals surface area contributed by atoms with Crippen LogP contribution in [0.2, 0.25) is 0 Å². The maximum Gasteiger partial charge on any atom is 0.227 e. The lowest BCUT2D eigenvalue weighted by Gasteiger charge is -2.24. The van der Waals surface area contributed by atoms with Crippen LogP contribution in [0, 0.1) is 5.92 Å². The number of aromatic nitrogens is 2. The molecule has 0 radical (unpaired) electrons. The van der Waals surface area contributed by atoms with E-state index in [-0.39, 0.29) is 11.8 Å². The minimum absolute atomic E-state index is 0.0363. The zero-order valence-corrected chi connectivity index (χ0v) is 13.2. The van der Waals surface area contributed by atoms with Crippen LogP contribution in [0.3, 0.4) is 0 Å². The van der Waals surface area contributed by atoms with Crippen LogP contribution in [0.4, 0.5) is 5.69 Å². The average Bonchev–Trinajstić information content (AvgIpc) is 3.02. The summed E-state index contributed by atoms with van der Waals surface area (Å²) in [5, 5.41) is 3.15. The Balaban J connectivity index is 1.73. The van der Waals surface area contributed by atoms with Crippen LogP contribution in [-0.2, 0) is 17.8 Å². The van der Waals surface area contributed by atoms with E-state index < -0.39 is 0 Å². The van der Waals surface area contributed by atoms with Crippen molar-refractivity contribution in [1.29, 1.82) is 0 Å². The topological polar surface area (TPSA) is 46.9 Å². The molecule has 4 heteroatoms. The molecule has 116 valence electrons. The Bertz CT molecular complexity index is 662. The summed E-state index contributed by atoms with van der Waals surface area (Å²) < 4.78 is 2.14.